The Morgan fingerprint density at radius 2 is 1.95 bits per heavy atom. The van der Waals surface area contributed by atoms with Crippen molar-refractivity contribution in [2.45, 2.75) is 25.7 Å². The predicted octanol–water partition coefficient (Wildman–Crippen LogP) is 4.60. The molecule has 0 saturated carbocycles. The van der Waals surface area contributed by atoms with Gasteiger partial charge in [-0.15, -0.1) is 0 Å². The molecule has 0 saturated heterocycles. The Labute approximate surface area is 122 Å². The van der Waals surface area contributed by atoms with Crippen LogP contribution >= 0.6 is 11.6 Å². The summed E-state index contributed by atoms with van der Waals surface area (Å²) < 4.78 is 0. The first-order valence-electron chi connectivity index (χ1n) is 6.76. The maximum absolute atomic E-state index is 11.9. The smallest absolute Gasteiger partial charge is 0.162 e. The van der Waals surface area contributed by atoms with Crippen molar-refractivity contribution in [3.8, 4) is 0 Å². The van der Waals surface area contributed by atoms with Crippen molar-refractivity contribution < 1.29 is 9.90 Å². The molecule has 2 aromatic carbocycles. The third-order valence-corrected chi connectivity index (χ3v) is 4.07. The maximum atomic E-state index is 11.9. The van der Waals surface area contributed by atoms with Gasteiger partial charge in [0.2, 0.25) is 0 Å². The summed E-state index contributed by atoms with van der Waals surface area (Å²) in [6.07, 6.45) is 2.32. The summed E-state index contributed by atoms with van der Waals surface area (Å²) in [7, 11) is 0. The van der Waals surface area contributed by atoms with Crippen LogP contribution in [0.5, 0.6) is 0 Å². The molecule has 0 atom stereocenters. The molecule has 0 bridgehead atoms. The SMILES string of the molecule is O=C1CCCC(O)=C1Cc1cc(Cl)c2ccccc2c1. The number of carbonyl (C=O) groups excluding carboxylic acids is 1. The van der Waals surface area contributed by atoms with Gasteiger partial charge in [-0.1, -0.05) is 41.9 Å². The number of hydrogen-bond acceptors (Lipinski definition) is 2. The number of Topliss-reactive ketones (excluding diaryl/α,β-unsaturated/α-hetero) is 1. The van der Waals surface area contributed by atoms with Crippen molar-refractivity contribution in [2.75, 3.05) is 0 Å². The maximum Gasteiger partial charge on any atom is 0.162 e. The quantitative estimate of drug-likeness (QED) is 0.876. The van der Waals surface area contributed by atoms with Gasteiger partial charge in [-0.2, -0.15) is 0 Å². The van der Waals surface area contributed by atoms with Crippen molar-refractivity contribution in [1.29, 1.82) is 0 Å². The molecule has 0 fully saturated rings. The van der Waals surface area contributed by atoms with Gasteiger partial charge in [-0.05, 0) is 23.4 Å². The average Bonchev–Trinajstić information content (AvgIpc) is 2.43. The van der Waals surface area contributed by atoms with Crippen LogP contribution in [0.15, 0.2) is 47.7 Å². The van der Waals surface area contributed by atoms with E-state index < -0.39 is 0 Å². The van der Waals surface area contributed by atoms with Crippen LogP contribution in [0.4, 0.5) is 0 Å². The fraction of sp³-hybridized carbons (Fsp3) is 0.235. The second-order valence-corrected chi connectivity index (χ2v) is 5.58. The molecule has 1 N–H and O–H groups in total. The third kappa shape index (κ3) is 2.44. The Hall–Kier alpha value is -1.80. The molecule has 0 heterocycles. The van der Waals surface area contributed by atoms with Crippen LogP contribution in [0, 0.1) is 0 Å². The van der Waals surface area contributed by atoms with Gasteiger partial charge in [0.15, 0.2) is 5.78 Å². The standard InChI is InChI=1S/C17H15ClO2/c18-15-10-11(8-12-4-1-2-5-13(12)15)9-14-16(19)6-3-7-17(14)20/h1-2,4-5,8,10,19H,3,6-7,9H2. The lowest BCUT2D eigenvalue weighted by Crippen LogP contribution is -2.13. The Morgan fingerprint density at radius 1 is 1.15 bits per heavy atom. The normalized spacial score (nSPS) is 15.9. The minimum Gasteiger partial charge on any atom is -0.512 e. The zero-order chi connectivity index (χ0) is 14.1. The molecule has 102 valence electrons. The van der Waals surface area contributed by atoms with Crippen molar-refractivity contribution in [3.05, 3.63) is 58.3 Å². The molecule has 1 aliphatic carbocycles. The van der Waals surface area contributed by atoms with Gasteiger partial charge in [0, 0.05) is 35.2 Å². The number of allylic oxidation sites excluding steroid dienone is 2. The molecule has 2 aromatic rings. The van der Waals surface area contributed by atoms with Crippen LogP contribution in [0.3, 0.4) is 0 Å². The van der Waals surface area contributed by atoms with Crippen LogP contribution in [-0.4, -0.2) is 10.9 Å². The number of ketones is 1. The summed E-state index contributed by atoms with van der Waals surface area (Å²) >= 11 is 6.29. The van der Waals surface area contributed by atoms with Crippen LogP contribution in [0.25, 0.3) is 10.8 Å². The predicted molar refractivity (Wildman–Crippen MR) is 81.2 cm³/mol. The first-order chi connectivity index (χ1) is 9.65. The lowest BCUT2D eigenvalue weighted by molar-refractivity contribution is -0.116. The highest BCUT2D eigenvalue weighted by atomic mass is 35.5. The first kappa shape index (κ1) is 13.2. The van der Waals surface area contributed by atoms with Gasteiger partial charge < -0.3 is 5.11 Å². The zero-order valence-electron chi connectivity index (χ0n) is 11.0. The Bertz CT molecular complexity index is 716. The number of fused-ring (bicyclic) bond motifs is 1. The molecular formula is C17H15ClO2. The number of benzene rings is 2. The van der Waals surface area contributed by atoms with Gasteiger partial charge in [0.05, 0.1) is 5.76 Å². The lowest BCUT2D eigenvalue weighted by atomic mass is 9.91. The largest absolute Gasteiger partial charge is 0.512 e. The zero-order valence-corrected chi connectivity index (χ0v) is 11.8. The van der Waals surface area contributed by atoms with Crippen molar-refractivity contribution in [1.82, 2.24) is 0 Å². The number of aliphatic hydroxyl groups excluding tert-OH is 1. The second-order valence-electron chi connectivity index (χ2n) is 5.18. The van der Waals surface area contributed by atoms with Crippen LogP contribution in [0.1, 0.15) is 24.8 Å². The van der Waals surface area contributed by atoms with E-state index in [1.165, 1.54) is 0 Å². The molecule has 0 unspecified atom stereocenters. The van der Waals surface area contributed by atoms with E-state index in [0.29, 0.717) is 29.9 Å². The Balaban J connectivity index is 2.01. The summed E-state index contributed by atoms with van der Waals surface area (Å²) in [6, 6.07) is 11.8. The summed E-state index contributed by atoms with van der Waals surface area (Å²) in [5.41, 5.74) is 1.51. The van der Waals surface area contributed by atoms with Gasteiger partial charge >= 0.3 is 0 Å². The highest BCUT2D eigenvalue weighted by molar-refractivity contribution is 6.35. The van der Waals surface area contributed by atoms with Gasteiger partial charge in [0.25, 0.3) is 0 Å². The number of rotatable bonds is 2. The molecule has 20 heavy (non-hydrogen) atoms. The molecule has 0 amide bonds. The minimum atomic E-state index is 0.0537. The first-order valence-corrected chi connectivity index (χ1v) is 7.14. The highest BCUT2D eigenvalue weighted by Crippen LogP contribution is 2.28. The Kier molecular flexibility index (Phi) is 3.49. The molecule has 1 aliphatic rings. The highest BCUT2D eigenvalue weighted by Gasteiger charge is 2.20. The molecule has 0 aromatic heterocycles. The summed E-state index contributed by atoms with van der Waals surface area (Å²) in [4.78, 5) is 11.9. The summed E-state index contributed by atoms with van der Waals surface area (Å²) in [5, 5.41) is 12.7. The van der Waals surface area contributed by atoms with E-state index in [9.17, 15) is 9.90 Å². The van der Waals surface area contributed by atoms with E-state index in [1.54, 1.807) is 0 Å². The van der Waals surface area contributed by atoms with Crippen LogP contribution in [0.2, 0.25) is 5.02 Å². The molecule has 0 spiro atoms. The fourth-order valence-electron chi connectivity index (χ4n) is 2.71. The van der Waals surface area contributed by atoms with E-state index in [1.807, 2.05) is 36.4 Å². The topological polar surface area (TPSA) is 37.3 Å². The summed E-state index contributed by atoms with van der Waals surface area (Å²) in [5.74, 6) is 0.295. The van der Waals surface area contributed by atoms with Crippen molar-refractivity contribution in [3.63, 3.8) is 0 Å². The van der Waals surface area contributed by atoms with E-state index in [2.05, 4.69) is 0 Å². The van der Waals surface area contributed by atoms with E-state index in [0.717, 1.165) is 22.8 Å². The average molecular weight is 287 g/mol. The third-order valence-electron chi connectivity index (χ3n) is 3.75. The van der Waals surface area contributed by atoms with E-state index in [4.69, 9.17) is 11.6 Å². The minimum absolute atomic E-state index is 0.0537. The van der Waals surface area contributed by atoms with Crippen LogP contribution in [-0.2, 0) is 11.2 Å². The van der Waals surface area contributed by atoms with Crippen molar-refractivity contribution in [2.24, 2.45) is 0 Å². The molecule has 0 aliphatic heterocycles. The van der Waals surface area contributed by atoms with E-state index >= 15 is 0 Å². The van der Waals surface area contributed by atoms with Gasteiger partial charge in [-0.25, -0.2) is 0 Å². The van der Waals surface area contributed by atoms with Gasteiger partial charge in [-0.3, -0.25) is 4.79 Å². The molecule has 3 heteroatoms. The molecule has 3 rings (SSSR count). The van der Waals surface area contributed by atoms with Crippen molar-refractivity contribution >= 4 is 28.2 Å². The molecular weight excluding hydrogens is 272 g/mol. The Morgan fingerprint density at radius 3 is 2.75 bits per heavy atom. The second kappa shape index (κ2) is 5.29. The number of halogens is 1. The fourth-order valence-corrected chi connectivity index (χ4v) is 3.02. The summed E-state index contributed by atoms with van der Waals surface area (Å²) in [6.45, 7) is 0. The number of aliphatic hydroxyl groups is 1. The van der Waals surface area contributed by atoms with E-state index in [-0.39, 0.29) is 11.5 Å². The van der Waals surface area contributed by atoms with Gasteiger partial charge in [0.1, 0.15) is 0 Å². The lowest BCUT2D eigenvalue weighted by Gasteiger charge is -2.15. The molecule has 0 radical (unpaired) electrons. The number of hydrogen-bond donors (Lipinski definition) is 1. The molecule has 2 nitrogen and oxygen atoms in total. The van der Waals surface area contributed by atoms with Crippen LogP contribution < -0.4 is 0 Å². The number of carbonyl (C=O) groups is 1. The monoisotopic (exact) mass is 286 g/mol.